The maximum Gasteiger partial charge on any atom is 0.416 e. The molecule has 6 nitrogen and oxygen atoms in total. The lowest BCUT2D eigenvalue weighted by Gasteiger charge is -2.21. The summed E-state index contributed by atoms with van der Waals surface area (Å²) in [6, 6.07) is 13.8. The number of carboxylic acids is 1. The fourth-order valence-electron chi connectivity index (χ4n) is 3.68. The molecule has 176 valence electrons. The smallest absolute Gasteiger partial charge is 0.416 e. The van der Waals surface area contributed by atoms with Gasteiger partial charge in [-0.1, -0.05) is 36.4 Å². The second kappa shape index (κ2) is 9.78. The molecule has 0 saturated heterocycles. The number of nitrogens with zero attached hydrogens (tertiary/aromatic N) is 1. The van der Waals surface area contributed by atoms with Crippen LogP contribution in [0.3, 0.4) is 0 Å². The molecule has 3 rings (SSSR count). The van der Waals surface area contributed by atoms with E-state index in [2.05, 4.69) is 5.32 Å². The molecule has 0 aliphatic carbocycles. The summed E-state index contributed by atoms with van der Waals surface area (Å²) >= 11 is 0. The van der Waals surface area contributed by atoms with Crippen LogP contribution >= 0.6 is 0 Å². The highest BCUT2D eigenvalue weighted by Gasteiger charge is 2.30. The predicted molar refractivity (Wildman–Crippen MR) is 122 cm³/mol. The van der Waals surface area contributed by atoms with E-state index in [-0.39, 0.29) is 23.2 Å². The van der Waals surface area contributed by atoms with Crippen molar-refractivity contribution in [3.8, 4) is 11.1 Å². The molecule has 3 aromatic rings. The van der Waals surface area contributed by atoms with Crippen LogP contribution in [-0.2, 0) is 17.4 Å². The zero-order valence-corrected chi connectivity index (χ0v) is 18.3. The summed E-state index contributed by atoms with van der Waals surface area (Å²) in [5.74, 6) is -1.64. The number of aliphatic carboxylic acids is 1. The lowest BCUT2D eigenvalue weighted by molar-refractivity contribution is -0.138. The van der Waals surface area contributed by atoms with Crippen LogP contribution in [0.4, 0.5) is 24.5 Å². The topological polar surface area (TPSA) is 86.7 Å². The number of rotatable bonds is 7. The van der Waals surface area contributed by atoms with Crippen molar-refractivity contribution in [2.75, 3.05) is 24.3 Å². The average Bonchev–Trinajstić information content (AvgIpc) is 2.78. The third-order valence-electron chi connectivity index (χ3n) is 5.15. The van der Waals surface area contributed by atoms with Gasteiger partial charge in [0.15, 0.2) is 6.29 Å². The summed E-state index contributed by atoms with van der Waals surface area (Å²) in [6.07, 6.45) is -4.24. The quantitative estimate of drug-likeness (QED) is 0.468. The van der Waals surface area contributed by atoms with Gasteiger partial charge in [0.25, 0.3) is 5.91 Å². The molecule has 0 spiro atoms. The van der Waals surface area contributed by atoms with Gasteiger partial charge in [-0.3, -0.25) is 14.4 Å². The Kier molecular flexibility index (Phi) is 7.05. The van der Waals surface area contributed by atoms with E-state index in [4.69, 9.17) is 5.11 Å². The van der Waals surface area contributed by atoms with Gasteiger partial charge in [0, 0.05) is 19.7 Å². The molecule has 34 heavy (non-hydrogen) atoms. The highest BCUT2D eigenvalue weighted by Crippen LogP contribution is 2.33. The van der Waals surface area contributed by atoms with Crippen molar-refractivity contribution in [2.24, 2.45) is 0 Å². The normalized spacial score (nSPS) is 11.1. The summed E-state index contributed by atoms with van der Waals surface area (Å²) in [6.45, 7) is 0. The number of hydrogen-bond donors (Lipinski definition) is 2. The van der Waals surface area contributed by atoms with E-state index in [1.165, 1.54) is 30.3 Å². The first kappa shape index (κ1) is 24.5. The van der Waals surface area contributed by atoms with Crippen LogP contribution in [0.25, 0.3) is 11.1 Å². The van der Waals surface area contributed by atoms with Gasteiger partial charge in [-0.05, 0) is 41.0 Å². The molecule has 0 atom stereocenters. The van der Waals surface area contributed by atoms with E-state index in [0.29, 0.717) is 28.7 Å². The number of carboxylic acid groups (broad SMARTS) is 1. The predicted octanol–water partition coefficient (Wildman–Crippen LogP) is 5.13. The van der Waals surface area contributed by atoms with Crippen molar-refractivity contribution in [1.29, 1.82) is 0 Å². The molecule has 9 heteroatoms. The second-order valence-corrected chi connectivity index (χ2v) is 7.69. The fourth-order valence-corrected chi connectivity index (χ4v) is 3.68. The summed E-state index contributed by atoms with van der Waals surface area (Å²) in [4.78, 5) is 37.8. The van der Waals surface area contributed by atoms with Crippen molar-refractivity contribution < 1.29 is 32.7 Å². The van der Waals surface area contributed by atoms with Crippen molar-refractivity contribution in [3.63, 3.8) is 0 Å². The first-order valence-corrected chi connectivity index (χ1v) is 10.1. The minimum atomic E-state index is -4.47. The maximum absolute atomic E-state index is 13.1. The van der Waals surface area contributed by atoms with Gasteiger partial charge in [0.2, 0.25) is 0 Å². The third-order valence-corrected chi connectivity index (χ3v) is 5.15. The standard InChI is InChI=1S/C25H21F3N2O4/c1-30(2)23-16(13-22(32)33)9-12-21(20(23)14-31)29-24(34)19-6-4-3-5-18(19)15-7-10-17(11-8-15)25(26,27)28/h3-12,14H,13H2,1-2H3,(H,29,34)(H,32,33). The third kappa shape index (κ3) is 5.25. The first-order chi connectivity index (χ1) is 16.0. The number of carbonyl (C=O) groups excluding carboxylic acids is 2. The van der Waals surface area contributed by atoms with E-state index < -0.39 is 23.6 Å². The van der Waals surface area contributed by atoms with Crippen LogP contribution in [0.15, 0.2) is 60.7 Å². The van der Waals surface area contributed by atoms with Gasteiger partial charge in [-0.25, -0.2) is 0 Å². The largest absolute Gasteiger partial charge is 0.481 e. The Morgan fingerprint density at radius 1 is 1.00 bits per heavy atom. The van der Waals surface area contributed by atoms with Crippen LogP contribution in [-0.4, -0.2) is 37.4 Å². The Labute approximate surface area is 193 Å². The molecule has 3 aromatic carbocycles. The van der Waals surface area contributed by atoms with Crippen LogP contribution in [0.1, 0.15) is 31.8 Å². The molecule has 0 fully saturated rings. The average molecular weight is 470 g/mol. The molecule has 0 bridgehead atoms. The Bertz CT molecular complexity index is 1240. The number of hydrogen-bond acceptors (Lipinski definition) is 4. The van der Waals surface area contributed by atoms with E-state index in [1.807, 2.05) is 0 Å². The summed E-state index contributed by atoms with van der Waals surface area (Å²) < 4.78 is 38.7. The Hall–Kier alpha value is -4.14. The van der Waals surface area contributed by atoms with E-state index >= 15 is 0 Å². The van der Waals surface area contributed by atoms with Gasteiger partial charge in [-0.2, -0.15) is 13.2 Å². The van der Waals surface area contributed by atoms with E-state index in [1.54, 1.807) is 37.2 Å². The zero-order chi connectivity index (χ0) is 25.0. The zero-order valence-electron chi connectivity index (χ0n) is 18.3. The Balaban J connectivity index is 1.99. The molecule has 0 heterocycles. The number of benzene rings is 3. The minimum Gasteiger partial charge on any atom is -0.481 e. The summed E-state index contributed by atoms with van der Waals surface area (Å²) in [7, 11) is 3.30. The summed E-state index contributed by atoms with van der Waals surface area (Å²) in [5.41, 5.74) is 1.29. The van der Waals surface area contributed by atoms with Gasteiger partial charge in [0.05, 0.1) is 28.9 Å². The van der Waals surface area contributed by atoms with Crippen LogP contribution in [0, 0.1) is 0 Å². The minimum absolute atomic E-state index is 0.115. The molecule has 0 aromatic heterocycles. The number of amides is 1. The monoisotopic (exact) mass is 470 g/mol. The molecule has 0 radical (unpaired) electrons. The molecular weight excluding hydrogens is 449 g/mol. The van der Waals surface area contributed by atoms with E-state index in [9.17, 15) is 27.6 Å². The number of carbonyl (C=O) groups is 3. The SMILES string of the molecule is CN(C)c1c(CC(=O)O)ccc(NC(=O)c2ccccc2-c2ccc(C(F)(F)F)cc2)c1C=O. The lowest BCUT2D eigenvalue weighted by atomic mass is 9.97. The van der Waals surface area contributed by atoms with E-state index in [0.717, 1.165) is 12.1 Å². The number of alkyl halides is 3. The molecule has 1 amide bonds. The number of aldehydes is 1. The molecular formula is C25H21F3N2O4. The molecule has 2 N–H and O–H groups in total. The van der Waals surface area contributed by atoms with Crippen LogP contribution < -0.4 is 10.2 Å². The number of nitrogens with one attached hydrogen (secondary N) is 1. The van der Waals surface area contributed by atoms with Crippen molar-refractivity contribution >= 4 is 29.5 Å². The molecule has 0 aliphatic heterocycles. The maximum atomic E-state index is 13.1. The molecule has 0 unspecified atom stereocenters. The summed E-state index contributed by atoms with van der Waals surface area (Å²) in [5, 5.41) is 11.8. The fraction of sp³-hybridized carbons (Fsp3) is 0.160. The van der Waals surface area contributed by atoms with Gasteiger partial charge < -0.3 is 15.3 Å². The number of anilines is 2. The lowest BCUT2D eigenvalue weighted by Crippen LogP contribution is -2.19. The highest BCUT2D eigenvalue weighted by molar-refractivity contribution is 6.11. The van der Waals surface area contributed by atoms with Crippen molar-refractivity contribution in [3.05, 3.63) is 82.9 Å². The highest BCUT2D eigenvalue weighted by atomic mass is 19.4. The molecule has 0 saturated carbocycles. The Morgan fingerprint density at radius 3 is 2.21 bits per heavy atom. The van der Waals surface area contributed by atoms with Gasteiger partial charge >= 0.3 is 12.1 Å². The Morgan fingerprint density at radius 2 is 1.65 bits per heavy atom. The van der Waals surface area contributed by atoms with Gasteiger partial charge in [-0.15, -0.1) is 0 Å². The van der Waals surface area contributed by atoms with Crippen molar-refractivity contribution in [1.82, 2.24) is 0 Å². The van der Waals surface area contributed by atoms with Crippen LogP contribution in [0.5, 0.6) is 0 Å². The van der Waals surface area contributed by atoms with Gasteiger partial charge in [0.1, 0.15) is 0 Å². The molecule has 0 aliphatic rings. The first-order valence-electron chi connectivity index (χ1n) is 10.1. The number of halogens is 3. The van der Waals surface area contributed by atoms with Crippen molar-refractivity contribution in [2.45, 2.75) is 12.6 Å². The second-order valence-electron chi connectivity index (χ2n) is 7.69. The van der Waals surface area contributed by atoms with Crippen LogP contribution in [0.2, 0.25) is 0 Å².